The summed E-state index contributed by atoms with van der Waals surface area (Å²) in [4.78, 5) is 23.2. The zero-order valence-corrected chi connectivity index (χ0v) is 14.2. The number of amides is 1. The maximum atomic E-state index is 12.4. The number of rotatable bonds is 8. The Morgan fingerprint density at radius 3 is 2.40 bits per heavy atom. The minimum absolute atomic E-state index is 0.0960. The highest BCUT2D eigenvalue weighted by molar-refractivity contribution is 6.04. The zero-order chi connectivity index (χ0) is 18.2. The van der Waals surface area contributed by atoms with Crippen molar-refractivity contribution in [2.24, 2.45) is 0 Å². The quantitative estimate of drug-likeness (QED) is 0.768. The Morgan fingerprint density at radius 2 is 1.72 bits per heavy atom. The van der Waals surface area contributed by atoms with Gasteiger partial charge in [0, 0.05) is 11.3 Å². The third-order valence-corrected chi connectivity index (χ3v) is 3.35. The lowest BCUT2D eigenvalue weighted by atomic mass is 10.1. The van der Waals surface area contributed by atoms with E-state index in [1.165, 1.54) is 0 Å². The van der Waals surface area contributed by atoms with Crippen molar-refractivity contribution in [3.63, 3.8) is 0 Å². The van der Waals surface area contributed by atoms with Crippen molar-refractivity contribution < 1.29 is 24.2 Å². The second-order valence-corrected chi connectivity index (χ2v) is 5.25. The van der Waals surface area contributed by atoms with E-state index in [1.54, 1.807) is 42.5 Å². The molecule has 0 aliphatic rings. The highest BCUT2D eigenvalue weighted by Crippen LogP contribution is 2.29. The van der Waals surface area contributed by atoms with Gasteiger partial charge in [-0.25, -0.2) is 0 Å². The van der Waals surface area contributed by atoms with Crippen molar-refractivity contribution >= 4 is 17.6 Å². The minimum atomic E-state index is -0.920. The molecule has 132 valence electrons. The van der Waals surface area contributed by atoms with Crippen LogP contribution in [0.1, 0.15) is 29.8 Å². The van der Waals surface area contributed by atoms with E-state index in [-0.39, 0.29) is 12.3 Å². The summed E-state index contributed by atoms with van der Waals surface area (Å²) in [5, 5.41) is 11.6. The van der Waals surface area contributed by atoms with Crippen molar-refractivity contribution in [3.8, 4) is 11.5 Å². The SMILES string of the molecule is CCOc1ccc(C(=O)Nc2cccc(CC(=O)O)c2)cc1OCC. The second kappa shape index (κ2) is 8.73. The van der Waals surface area contributed by atoms with Gasteiger partial charge in [-0.05, 0) is 49.7 Å². The molecule has 0 spiro atoms. The van der Waals surface area contributed by atoms with Crippen LogP contribution in [0.5, 0.6) is 11.5 Å². The number of carboxylic acids is 1. The molecule has 6 nitrogen and oxygen atoms in total. The normalized spacial score (nSPS) is 10.2. The molecule has 0 saturated heterocycles. The van der Waals surface area contributed by atoms with Crippen LogP contribution in [-0.4, -0.2) is 30.2 Å². The van der Waals surface area contributed by atoms with Crippen LogP contribution in [0, 0.1) is 0 Å². The summed E-state index contributed by atoms with van der Waals surface area (Å²) < 4.78 is 11.0. The van der Waals surface area contributed by atoms with Crippen LogP contribution in [0.25, 0.3) is 0 Å². The van der Waals surface area contributed by atoms with E-state index in [4.69, 9.17) is 14.6 Å². The molecular weight excluding hydrogens is 322 g/mol. The molecule has 2 N–H and O–H groups in total. The summed E-state index contributed by atoms with van der Waals surface area (Å²) in [6.45, 7) is 4.70. The molecule has 2 rings (SSSR count). The van der Waals surface area contributed by atoms with Gasteiger partial charge in [0.25, 0.3) is 5.91 Å². The molecule has 0 fully saturated rings. The van der Waals surface area contributed by atoms with E-state index >= 15 is 0 Å². The average molecular weight is 343 g/mol. The maximum absolute atomic E-state index is 12.4. The minimum Gasteiger partial charge on any atom is -0.490 e. The Kier molecular flexibility index (Phi) is 6.39. The predicted molar refractivity (Wildman–Crippen MR) is 94.5 cm³/mol. The lowest BCUT2D eigenvalue weighted by molar-refractivity contribution is -0.136. The number of carbonyl (C=O) groups excluding carboxylic acids is 1. The van der Waals surface area contributed by atoms with Crippen LogP contribution in [-0.2, 0) is 11.2 Å². The topological polar surface area (TPSA) is 84.9 Å². The fourth-order valence-corrected chi connectivity index (χ4v) is 2.33. The van der Waals surface area contributed by atoms with E-state index in [0.29, 0.717) is 41.5 Å². The van der Waals surface area contributed by atoms with Crippen LogP contribution in [0.2, 0.25) is 0 Å². The highest BCUT2D eigenvalue weighted by Gasteiger charge is 2.12. The lowest BCUT2D eigenvalue weighted by Crippen LogP contribution is -2.13. The Bertz CT molecular complexity index is 757. The fraction of sp³-hybridized carbons (Fsp3) is 0.263. The third kappa shape index (κ3) is 5.24. The summed E-state index contributed by atoms with van der Waals surface area (Å²) >= 11 is 0. The number of hydrogen-bond donors (Lipinski definition) is 2. The number of anilines is 1. The number of hydrogen-bond acceptors (Lipinski definition) is 4. The summed E-state index contributed by atoms with van der Waals surface area (Å²) in [7, 11) is 0. The molecule has 1 amide bonds. The van der Waals surface area contributed by atoms with Gasteiger partial charge in [0.2, 0.25) is 0 Å². The fourth-order valence-electron chi connectivity index (χ4n) is 2.33. The molecule has 0 heterocycles. The van der Waals surface area contributed by atoms with Crippen molar-refractivity contribution in [2.45, 2.75) is 20.3 Å². The Morgan fingerprint density at radius 1 is 1.00 bits per heavy atom. The van der Waals surface area contributed by atoms with Gasteiger partial charge in [-0.2, -0.15) is 0 Å². The van der Waals surface area contributed by atoms with E-state index in [9.17, 15) is 9.59 Å². The molecule has 0 bridgehead atoms. The van der Waals surface area contributed by atoms with E-state index in [0.717, 1.165) is 0 Å². The smallest absolute Gasteiger partial charge is 0.307 e. The molecule has 25 heavy (non-hydrogen) atoms. The van der Waals surface area contributed by atoms with Gasteiger partial charge < -0.3 is 19.9 Å². The number of carbonyl (C=O) groups is 2. The lowest BCUT2D eigenvalue weighted by Gasteiger charge is -2.12. The van der Waals surface area contributed by atoms with E-state index in [2.05, 4.69) is 5.32 Å². The molecule has 0 radical (unpaired) electrons. The van der Waals surface area contributed by atoms with E-state index in [1.807, 2.05) is 13.8 Å². The van der Waals surface area contributed by atoms with Gasteiger partial charge in [-0.3, -0.25) is 9.59 Å². The highest BCUT2D eigenvalue weighted by atomic mass is 16.5. The van der Waals surface area contributed by atoms with Crippen molar-refractivity contribution in [1.29, 1.82) is 0 Å². The number of nitrogens with one attached hydrogen (secondary N) is 1. The first-order chi connectivity index (χ1) is 12.0. The third-order valence-electron chi connectivity index (χ3n) is 3.35. The molecule has 0 unspecified atom stereocenters. The average Bonchev–Trinajstić information content (AvgIpc) is 2.56. The molecule has 6 heteroatoms. The standard InChI is InChI=1S/C19H21NO5/c1-3-24-16-9-8-14(12-17(16)25-4-2)19(23)20-15-7-5-6-13(10-15)11-18(21)22/h5-10,12H,3-4,11H2,1-2H3,(H,20,23)(H,21,22). The van der Waals surface area contributed by atoms with Crippen LogP contribution in [0.4, 0.5) is 5.69 Å². The maximum Gasteiger partial charge on any atom is 0.307 e. The molecular formula is C19H21NO5. The molecule has 0 saturated carbocycles. The summed E-state index contributed by atoms with van der Waals surface area (Å²) in [5.41, 5.74) is 1.58. The van der Waals surface area contributed by atoms with Gasteiger partial charge in [0.15, 0.2) is 11.5 Å². The first-order valence-corrected chi connectivity index (χ1v) is 8.05. The second-order valence-electron chi connectivity index (χ2n) is 5.25. The van der Waals surface area contributed by atoms with Crippen LogP contribution < -0.4 is 14.8 Å². The number of benzene rings is 2. The first kappa shape index (κ1) is 18.3. The molecule has 0 aliphatic heterocycles. The summed E-state index contributed by atoms with van der Waals surface area (Å²) in [6, 6.07) is 11.7. The Balaban J connectivity index is 2.17. The number of carboxylic acid groups (broad SMARTS) is 1. The molecule has 0 aliphatic carbocycles. The van der Waals surface area contributed by atoms with Crippen LogP contribution in [0.3, 0.4) is 0 Å². The van der Waals surface area contributed by atoms with Crippen molar-refractivity contribution in [1.82, 2.24) is 0 Å². The van der Waals surface area contributed by atoms with Crippen molar-refractivity contribution in [3.05, 3.63) is 53.6 Å². The zero-order valence-electron chi connectivity index (χ0n) is 14.2. The summed E-state index contributed by atoms with van der Waals surface area (Å²) in [6.07, 6.45) is -0.0960. The Hall–Kier alpha value is -3.02. The molecule has 0 aromatic heterocycles. The van der Waals surface area contributed by atoms with Gasteiger partial charge in [0.05, 0.1) is 19.6 Å². The first-order valence-electron chi connectivity index (χ1n) is 8.05. The summed E-state index contributed by atoms with van der Waals surface area (Å²) in [5.74, 6) is -0.131. The van der Waals surface area contributed by atoms with Gasteiger partial charge in [-0.15, -0.1) is 0 Å². The largest absolute Gasteiger partial charge is 0.490 e. The molecule has 0 atom stereocenters. The number of ether oxygens (including phenoxy) is 2. The number of aliphatic carboxylic acids is 1. The van der Waals surface area contributed by atoms with Crippen molar-refractivity contribution in [2.75, 3.05) is 18.5 Å². The molecule has 2 aromatic carbocycles. The van der Waals surface area contributed by atoms with Gasteiger partial charge in [-0.1, -0.05) is 12.1 Å². The predicted octanol–water partition coefficient (Wildman–Crippen LogP) is 3.36. The Labute approximate surface area is 146 Å². The van der Waals surface area contributed by atoms with Gasteiger partial charge in [0.1, 0.15) is 0 Å². The van der Waals surface area contributed by atoms with Crippen LogP contribution in [0.15, 0.2) is 42.5 Å². The van der Waals surface area contributed by atoms with E-state index < -0.39 is 5.97 Å². The monoisotopic (exact) mass is 343 g/mol. The van der Waals surface area contributed by atoms with Crippen LogP contribution >= 0.6 is 0 Å². The van der Waals surface area contributed by atoms with Gasteiger partial charge >= 0.3 is 5.97 Å². The molecule has 2 aromatic rings.